The summed E-state index contributed by atoms with van der Waals surface area (Å²) in [6.45, 7) is 18.4. The number of amidine groups is 1. The van der Waals surface area contributed by atoms with Gasteiger partial charge in [0, 0.05) is 58.8 Å². The number of nitrogens with two attached hydrogens (primary N) is 1. The first-order valence-electron chi connectivity index (χ1n) is 24.8. The number of rotatable bonds is 11. The number of fused-ring (bicyclic) bond motifs is 6. The monoisotopic (exact) mass is 1060 g/mol. The molecule has 11 rings (SSSR count). The van der Waals surface area contributed by atoms with E-state index in [-0.39, 0.29) is 10.8 Å². The molecule has 6 nitrogen and oxygen atoms in total. The summed E-state index contributed by atoms with van der Waals surface area (Å²) in [6.07, 6.45) is -0.681. The first kappa shape index (κ1) is 47.4. The number of nitrogens with one attached hydrogen (secondary N) is 1. The van der Waals surface area contributed by atoms with Crippen LogP contribution >= 0.6 is 22.6 Å². The summed E-state index contributed by atoms with van der Waals surface area (Å²) >= 11 is 2.53. The molecule has 0 aliphatic carbocycles. The molecular formula is C66H57IN4O2. The highest BCUT2D eigenvalue weighted by molar-refractivity contribution is 14.1. The number of nitrogens with zero attached hydrogens (tertiary/aromatic N) is 2. The zero-order valence-corrected chi connectivity index (χ0v) is 44.2. The second-order valence-corrected chi connectivity index (χ2v) is 22.0. The molecule has 2 heterocycles. The van der Waals surface area contributed by atoms with Crippen molar-refractivity contribution in [3.05, 3.63) is 238 Å². The van der Waals surface area contributed by atoms with E-state index >= 15 is 0 Å². The van der Waals surface area contributed by atoms with Crippen LogP contribution in [0.4, 0.5) is 17.1 Å². The topological polar surface area (TPSA) is 79.9 Å². The molecular weight excluding hydrogens is 1010 g/mol. The lowest BCUT2D eigenvalue weighted by atomic mass is 9.86. The molecule has 0 radical (unpaired) electrons. The van der Waals surface area contributed by atoms with Crippen molar-refractivity contribution in [2.45, 2.75) is 58.5 Å². The Bertz CT molecular complexity index is 3830. The summed E-state index contributed by atoms with van der Waals surface area (Å²) in [7, 11) is 0. The average Bonchev–Trinajstić information content (AvgIpc) is 3.97. The van der Waals surface area contributed by atoms with Crippen LogP contribution in [-0.4, -0.2) is 5.84 Å². The number of furan rings is 2. The van der Waals surface area contributed by atoms with Crippen LogP contribution in [0.15, 0.2) is 221 Å². The number of hydrogen-bond donors (Lipinski definition) is 2. The van der Waals surface area contributed by atoms with Crippen molar-refractivity contribution in [2.75, 3.05) is 4.90 Å². The van der Waals surface area contributed by atoms with Gasteiger partial charge in [0.15, 0.2) is 0 Å². The molecule has 0 amide bonds. The summed E-state index contributed by atoms with van der Waals surface area (Å²) in [5.74, 6) is 0.359. The maximum Gasteiger partial charge on any atom is 0.147 e. The molecule has 1 unspecified atom stereocenters. The van der Waals surface area contributed by atoms with Crippen molar-refractivity contribution in [1.82, 2.24) is 5.32 Å². The fraction of sp³-hybridized carbons (Fsp3) is 0.136. The number of halogens is 1. The summed E-state index contributed by atoms with van der Waals surface area (Å²) < 4.78 is 13.9. The van der Waals surface area contributed by atoms with Crippen molar-refractivity contribution < 1.29 is 8.83 Å². The van der Waals surface area contributed by atoms with Crippen molar-refractivity contribution >= 4 is 95.1 Å². The number of anilines is 3. The fourth-order valence-electron chi connectivity index (χ4n) is 9.93. The third kappa shape index (κ3) is 9.19. The van der Waals surface area contributed by atoms with E-state index in [0.29, 0.717) is 11.5 Å². The molecule has 7 heteroatoms. The standard InChI is InChI=1S/C66H57IN4O2/c1-41(69-64(44-29-35-50-49-23-14-16-26-57(49)73-60(50)39-44)70-63(68)52-25-18-28-59-61(52)51-24-15-17-27-58(51)72-59)45-37-53(42-19-10-8-11-20-42)62(54(38-45)43-21-12-9-13-22-43)71(48-33-30-46(31-34-48)65(2,3)4)56-36-32-47(40-55(56)67)66(5,6)7/h8-40,64,69H,1H2,2-7H3,(H2,68,70). The Morgan fingerprint density at radius 3 is 1.74 bits per heavy atom. The van der Waals surface area contributed by atoms with Crippen molar-refractivity contribution in [3.8, 4) is 22.3 Å². The normalized spacial score (nSPS) is 12.7. The molecule has 0 saturated carbocycles. The average molecular weight is 1070 g/mol. The molecule has 360 valence electrons. The number of benzene rings is 9. The third-order valence-electron chi connectivity index (χ3n) is 13.9. The molecule has 11 aromatic rings. The van der Waals surface area contributed by atoms with Crippen LogP contribution in [0.5, 0.6) is 0 Å². The number of hydrogen-bond acceptors (Lipinski definition) is 5. The smallest absolute Gasteiger partial charge is 0.147 e. The summed E-state index contributed by atoms with van der Waals surface area (Å²) in [6, 6.07) is 70.2. The minimum Gasteiger partial charge on any atom is -0.456 e. The van der Waals surface area contributed by atoms with Gasteiger partial charge >= 0.3 is 0 Å². The van der Waals surface area contributed by atoms with Crippen LogP contribution in [0.25, 0.3) is 71.8 Å². The Morgan fingerprint density at radius 2 is 1.11 bits per heavy atom. The van der Waals surface area contributed by atoms with Crippen LogP contribution in [0.2, 0.25) is 0 Å². The molecule has 0 saturated heterocycles. The van der Waals surface area contributed by atoms with E-state index in [0.717, 1.165) is 103 Å². The summed E-state index contributed by atoms with van der Waals surface area (Å²) in [5.41, 5.74) is 23.4. The Kier molecular flexibility index (Phi) is 12.3. The molecule has 1 atom stereocenters. The van der Waals surface area contributed by atoms with Gasteiger partial charge in [0.25, 0.3) is 0 Å². The molecule has 73 heavy (non-hydrogen) atoms. The molecule has 0 aliphatic heterocycles. The second-order valence-electron chi connectivity index (χ2n) is 20.9. The van der Waals surface area contributed by atoms with Gasteiger partial charge in [-0.1, -0.05) is 188 Å². The van der Waals surface area contributed by atoms with Crippen molar-refractivity contribution in [1.29, 1.82) is 0 Å². The Balaban J connectivity index is 1.11. The van der Waals surface area contributed by atoms with E-state index < -0.39 is 6.17 Å². The molecule has 0 fully saturated rings. The Hall–Kier alpha value is -7.88. The zero-order chi connectivity index (χ0) is 50.6. The van der Waals surface area contributed by atoms with Gasteiger partial charge in [0.2, 0.25) is 0 Å². The van der Waals surface area contributed by atoms with E-state index in [1.54, 1.807) is 0 Å². The number of aliphatic imine (C=N–C) groups is 1. The van der Waals surface area contributed by atoms with E-state index in [2.05, 4.69) is 220 Å². The van der Waals surface area contributed by atoms with Crippen molar-refractivity contribution in [2.24, 2.45) is 10.7 Å². The maximum absolute atomic E-state index is 7.19. The lowest BCUT2D eigenvalue weighted by Crippen LogP contribution is -2.23. The van der Waals surface area contributed by atoms with E-state index in [1.165, 1.54) is 11.1 Å². The van der Waals surface area contributed by atoms with Gasteiger partial charge in [0.1, 0.15) is 34.3 Å². The summed E-state index contributed by atoms with van der Waals surface area (Å²) in [4.78, 5) is 7.80. The maximum atomic E-state index is 7.19. The van der Waals surface area contributed by atoms with Crippen LogP contribution in [0.1, 0.15) is 75.5 Å². The van der Waals surface area contributed by atoms with E-state index in [9.17, 15) is 0 Å². The van der Waals surface area contributed by atoms with Gasteiger partial charge in [-0.2, -0.15) is 0 Å². The predicted octanol–water partition coefficient (Wildman–Crippen LogP) is 18.2. The van der Waals surface area contributed by atoms with Crippen molar-refractivity contribution in [3.63, 3.8) is 0 Å². The van der Waals surface area contributed by atoms with Crippen LogP contribution in [0, 0.1) is 3.57 Å². The zero-order valence-electron chi connectivity index (χ0n) is 42.0. The fourth-order valence-corrected chi connectivity index (χ4v) is 10.7. The highest BCUT2D eigenvalue weighted by Gasteiger charge is 2.28. The molecule has 2 aromatic heterocycles. The SMILES string of the molecule is C=C(NC(/N=C(\N)c1cccc2oc3ccccc3c12)c1ccc2c(c1)oc1ccccc12)c1cc(-c2ccccc2)c(N(c2ccc(C(C)(C)C)cc2)c2ccc(C(C)(C)C)cc2I)c(-c2ccccc2)c1. The predicted molar refractivity (Wildman–Crippen MR) is 315 cm³/mol. The molecule has 0 spiro atoms. The molecule has 0 aliphatic rings. The summed E-state index contributed by atoms with van der Waals surface area (Å²) in [5, 5.41) is 7.78. The first-order valence-corrected chi connectivity index (χ1v) is 25.9. The first-order chi connectivity index (χ1) is 35.2. The van der Waals surface area contributed by atoms with Gasteiger partial charge < -0.3 is 24.8 Å². The highest BCUT2D eigenvalue weighted by Crippen LogP contribution is 2.50. The Morgan fingerprint density at radius 1 is 0.562 bits per heavy atom. The quantitative estimate of drug-likeness (QED) is 0.0766. The molecule has 3 N–H and O–H groups in total. The largest absolute Gasteiger partial charge is 0.456 e. The highest BCUT2D eigenvalue weighted by atomic mass is 127. The lowest BCUT2D eigenvalue weighted by molar-refractivity contribution is 0.590. The third-order valence-corrected chi connectivity index (χ3v) is 14.7. The van der Waals surface area contributed by atoms with Crippen LogP contribution in [0.3, 0.4) is 0 Å². The van der Waals surface area contributed by atoms with Crippen LogP contribution < -0.4 is 16.0 Å². The van der Waals surface area contributed by atoms with Gasteiger partial charge in [-0.15, -0.1) is 0 Å². The minimum atomic E-state index is -0.681. The lowest BCUT2D eigenvalue weighted by Gasteiger charge is -2.33. The molecule has 0 bridgehead atoms. The van der Waals surface area contributed by atoms with Gasteiger partial charge in [-0.05, 0) is 122 Å². The minimum absolute atomic E-state index is 0.0170. The van der Waals surface area contributed by atoms with Gasteiger partial charge in [0.05, 0.1) is 11.4 Å². The number of para-hydroxylation sites is 2. The van der Waals surface area contributed by atoms with Gasteiger partial charge in [-0.3, -0.25) is 0 Å². The second kappa shape index (κ2) is 18.9. The Labute approximate surface area is 441 Å². The van der Waals surface area contributed by atoms with Crippen LogP contribution in [-0.2, 0) is 10.8 Å². The van der Waals surface area contributed by atoms with E-state index in [4.69, 9.17) is 26.1 Å². The van der Waals surface area contributed by atoms with E-state index in [1.807, 2.05) is 54.6 Å². The molecule has 9 aromatic carbocycles. The van der Waals surface area contributed by atoms with Gasteiger partial charge in [-0.25, -0.2) is 4.99 Å².